The first-order chi connectivity index (χ1) is 10.5. The summed E-state index contributed by atoms with van der Waals surface area (Å²) in [4.78, 5) is 11.6. The summed E-state index contributed by atoms with van der Waals surface area (Å²) in [7, 11) is 1.65. The molecule has 22 heavy (non-hydrogen) atoms. The molecule has 0 aliphatic carbocycles. The van der Waals surface area contributed by atoms with Gasteiger partial charge >= 0.3 is 5.97 Å². The van der Waals surface area contributed by atoms with Gasteiger partial charge in [-0.1, -0.05) is 0 Å². The number of methoxy groups -OCH3 is 1. The molecule has 0 aliphatic heterocycles. The van der Waals surface area contributed by atoms with Crippen LogP contribution >= 0.6 is 0 Å². The third kappa shape index (κ3) is 3.58. The van der Waals surface area contributed by atoms with Crippen molar-refractivity contribution < 1.29 is 19.0 Å². The lowest BCUT2D eigenvalue weighted by Gasteiger charge is -2.12. The largest absolute Gasteiger partial charge is 0.496 e. The molecule has 0 unspecified atom stereocenters. The van der Waals surface area contributed by atoms with Crippen LogP contribution < -0.4 is 9.47 Å². The molecule has 2 rings (SSSR count). The quantitative estimate of drug-likeness (QED) is 0.773. The molecule has 0 bridgehead atoms. The Balaban J connectivity index is 2.17. The van der Waals surface area contributed by atoms with Gasteiger partial charge in [-0.05, 0) is 68.3 Å². The second-order valence-corrected chi connectivity index (χ2v) is 4.93. The molecule has 0 saturated carbocycles. The lowest BCUT2D eigenvalue weighted by Crippen LogP contribution is -2.04. The zero-order valence-electron chi connectivity index (χ0n) is 13.3. The highest BCUT2D eigenvalue weighted by Crippen LogP contribution is 2.31. The van der Waals surface area contributed by atoms with E-state index in [1.165, 1.54) is 0 Å². The first-order valence-electron chi connectivity index (χ1n) is 7.15. The van der Waals surface area contributed by atoms with E-state index in [1.807, 2.05) is 26.0 Å². The summed E-state index contributed by atoms with van der Waals surface area (Å²) >= 11 is 0. The van der Waals surface area contributed by atoms with Gasteiger partial charge in [0.1, 0.15) is 17.2 Å². The second-order valence-electron chi connectivity index (χ2n) is 4.93. The smallest absolute Gasteiger partial charge is 0.338 e. The Labute approximate surface area is 130 Å². The summed E-state index contributed by atoms with van der Waals surface area (Å²) < 4.78 is 16.1. The number of carbonyl (C=O) groups excluding carboxylic acids is 1. The number of carbonyl (C=O) groups is 1. The molecule has 0 saturated heterocycles. The summed E-state index contributed by atoms with van der Waals surface area (Å²) in [6.07, 6.45) is 0. The zero-order chi connectivity index (χ0) is 16.1. The third-order valence-electron chi connectivity index (χ3n) is 3.29. The van der Waals surface area contributed by atoms with Crippen LogP contribution in [-0.2, 0) is 4.74 Å². The predicted octanol–water partition coefficient (Wildman–Crippen LogP) is 4.28. The Morgan fingerprint density at radius 3 is 2.18 bits per heavy atom. The minimum atomic E-state index is -0.328. The molecular weight excluding hydrogens is 280 g/mol. The molecule has 0 fully saturated rings. The highest BCUT2D eigenvalue weighted by molar-refractivity contribution is 5.89. The Bertz CT molecular complexity index is 660. The minimum Gasteiger partial charge on any atom is -0.496 e. The van der Waals surface area contributed by atoms with Gasteiger partial charge in [0.2, 0.25) is 0 Å². The molecule has 0 amide bonds. The van der Waals surface area contributed by atoms with Gasteiger partial charge in [-0.2, -0.15) is 0 Å². The Morgan fingerprint density at radius 2 is 1.59 bits per heavy atom. The Hall–Kier alpha value is -2.49. The van der Waals surface area contributed by atoms with Gasteiger partial charge in [-0.25, -0.2) is 4.79 Å². The van der Waals surface area contributed by atoms with Gasteiger partial charge in [0.25, 0.3) is 0 Å². The fourth-order valence-electron chi connectivity index (χ4n) is 2.09. The summed E-state index contributed by atoms with van der Waals surface area (Å²) in [6, 6.07) is 10.8. The number of aryl methyl sites for hydroxylation is 2. The van der Waals surface area contributed by atoms with Crippen molar-refractivity contribution in [3.05, 3.63) is 53.1 Å². The van der Waals surface area contributed by atoms with Gasteiger partial charge < -0.3 is 14.2 Å². The minimum absolute atomic E-state index is 0.328. The topological polar surface area (TPSA) is 44.8 Å². The average molecular weight is 300 g/mol. The molecule has 0 spiro atoms. The van der Waals surface area contributed by atoms with E-state index in [9.17, 15) is 4.79 Å². The average Bonchev–Trinajstić information content (AvgIpc) is 2.51. The SMILES string of the molecule is CCOC(=O)c1ccc(Oc2cc(C)c(OC)cc2C)cc1. The molecular formula is C18H20O4. The van der Waals surface area contributed by atoms with Crippen LogP contribution in [0, 0.1) is 13.8 Å². The summed E-state index contributed by atoms with van der Waals surface area (Å²) in [5, 5.41) is 0. The molecule has 2 aromatic rings. The van der Waals surface area contributed by atoms with Gasteiger partial charge in [0, 0.05) is 0 Å². The maximum atomic E-state index is 11.6. The third-order valence-corrected chi connectivity index (χ3v) is 3.29. The molecule has 4 nitrogen and oxygen atoms in total. The molecule has 0 N–H and O–H groups in total. The van der Waals surface area contributed by atoms with Crippen molar-refractivity contribution in [3.63, 3.8) is 0 Å². The van der Waals surface area contributed by atoms with Crippen molar-refractivity contribution in [2.24, 2.45) is 0 Å². The van der Waals surface area contributed by atoms with E-state index in [-0.39, 0.29) is 5.97 Å². The van der Waals surface area contributed by atoms with Gasteiger partial charge in [0.15, 0.2) is 0 Å². The maximum Gasteiger partial charge on any atom is 0.338 e. The highest BCUT2D eigenvalue weighted by Gasteiger charge is 2.09. The van der Waals surface area contributed by atoms with Crippen molar-refractivity contribution in [2.75, 3.05) is 13.7 Å². The number of ether oxygens (including phenoxy) is 3. The van der Waals surface area contributed by atoms with Crippen molar-refractivity contribution in [1.29, 1.82) is 0 Å². The van der Waals surface area contributed by atoms with Crippen LogP contribution in [0.15, 0.2) is 36.4 Å². The first-order valence-corrected chi connectivity index (χ1v) is 7.15. The van der Waals surface area contributed by atoms with Crippen molar-refractivity contribution in [3.8, 4) is 17.2 Å². The van der Waals surface area contributed by atoms with Crippen LogP contribution in [0.5, 0.6) is 17.2 Å². The van der Waals surface area contributed by atoms with E-state index in [2.05, 4.69) is 0 Å². The van der Waals surface area contributed by atoms with Crippen molar-refractivity contribution >= 4 is 5.97 Å². The van der Waals surface area contributed by atoms with E-state index in [0.717, 1.165) is 22.6 Å². The molecule has 0 radical (unpaired) electrons. The summed E-state index contributed by atoms with van der Waals surface area (Å²) in [5.74, 6) is 1.94. The molecule has 4 heteroatoms. The van der Waals surface area contributed by atoms with Crippen LogP contribution in [0.25, 0.3) is 0 Å². The number of benzene rings is 2. The number of hydrogen-bond acceptors (Lipinski definition) is 4. The molecule has 0 heterocycles. The van der Waals surface area contributed by atoms with Crippen LogP contribution in [0.1, 0.15) is 28.4 Å². The van der Waals surface area contributed by atoms with Gasteiger partial charge in [-0.3, -0.25) is 0 Å². The molecule has 0 atom stereocenters. The van der Waals surface area contributed by atoms with Crippen LogP contribution in [0.2, 0.25) is 0 Å². The van der Waals surface area contributed by atoms with Crippen molar-refractivity contribution in [1.82, 2.24) is 0 Å². The fourth-order valence-corrected chi connectivity index (χ4v) is 2.09. The lowest BCUT2D eigenvalue weighted by atomic mass is 10.1. The molecule has 0 aliphatic rings. The van der Waals surface area contributed by atoms with Gasteiger partial charge in [0.05, 0.1) is 19.3 Å². The summed E-state index contributed by atoms with van der Waals surface area (Å²) in [6.45, 7) is 6.07. The number of rotatable bonds is 5. The van der Waals surface area contributed by atoms with Crippen LogP contribution in [-0.4, -0.2) is 19.7 Å². The van der Waals surface area contributed by atoms with Crippen LogP contribution in [0.3, 0.4) is 0 Å². The molecule has 2 aromatic carbocycles. The summed E-state index contributed by atoms with van der Waals surface area (Å²) in [5.41, 5.74) is 2.50. The van der Waals surface area contributed by atoms with Crippen molar-refractivity contribution in [2.45, 2.75) is 20.8 Å². The van der Waals surface area contributed by atoms with E-state index in [4.69, 9.17) is 14.2 Å². The highest BCUT2D eigenvalue weighted by atomic mass is 16.5. The maximum absolute atomic E-state index is 11.6. The van der Waals surface area contributed by atoms with E-state index in [1.54, 1.807) is 38.3 Å². The Morgan fingerprint density at radius 1 is 1.00 bits per heavy atom. The normalized spacial score (nSPS) is 10.2. The molecule has 116 valence electrons. The number of hydrogen-bond donors (Lipinski definition) is 0. The van der Waals surface area contributed by atoms with E-state index >= 15 is 0 Å². The van der Waals surface area contributed by atoms with Gasteiger partial charge in [-0.15, -0.1) is 0 Å². The molecule has 0 aromatic heterocycles. The second kappa shape index (κ2) is 6.98. The Kier molecular flexibility index (Phi) is 5.04. The predicted molar refractivity (Wildman–Crippen MR) is 84.9 cm³/mol. The lowest BCUT2D eigenvalue weighted by molar-refractivity contribution is 0.0526. The van der Waals surface area contributed by atoms with E-state index in [0.29, 0.717) is 17.9 Å². The zero-order valence-corrected chi connectivity index (χ0v) is 13.3. The monoisotopic (exact) mass is 300 g/mol. The first kappa shape index (κ1) is 15.9. The number of esters is 1. The van der Waals surface area contributed by atoms with Crippen LogP contribution in [0.4, 0.5) is 0 Å². The fraction of sp³-hybridized carbons (Fsp3) is 0.278. The van der Waals surface area contributed by atoms with E-state index < -0.39 is 0 Å². The standard InChI is InChI=1S/C18H20O4/c1-5-21-18(19)14-6-8-15(9-7-14)22-17-11-12(2)16(20-4)10-13(17)3/h6-11H,5H2,1-4H3.